The van der Waals surface area contributed by atoms with Gasteiger partial charge >= 0.3 is 0 Å². The molecule has 0 unspecified atom stereocenters. The first kappa shape index (κ1) is 19.4. The predicted molar refractivity (Wildman–Crippen MR) is 112 cm³/mol. The zero-order valence-electron chi connectivity index (χ0n) is 15.9. The number of anilines is 1. The smallest absolute Gasteiger partial charge is 0.229 e. The quantitative estimate of drug-likeness (QED) is 0.789. The number of amides is 2. The molecule has 1 aliphatic carbocycles. The van der Waals surface area contributed by atoms with E-state index in [-0.39, 0.29) is 23.7 Å². The molecule has 2 heterocycles. The molecule has 1 aromatic heterocycles. The Morgan fingerprint density at radius 3 is 2.64 bits per heavy atom. The second-order valence-electron chi connectivity index (χ2n) is 7.76. The number of aryl methyl sites for hydroxylation is 1. The summed E-state index contributed by atoms with van der Waals surface area (Å²) < 4.78 is 0. The molecular formula is C21H24ClN3O2S. The lowest BCUT2D eigenvalue weighted by atomic mass is 9.95. The average Bonchev–Trinajstić information content (AvgIpc) is 3.45. The Hall–Kier alpha value is -1.92. The SMILES string of the molecule is Cc1ccc(Cc2cnc(NC(=O)C3CCN(C(=O)C4CC4)CC3)s2)cc1Cl. The normalized spacial score (nSPS) is 17.6. The van der Waals surface area contributed by atoms with E-state index < -0.39 is 0 Å². The summed E-state index contributed by atoms with van der Waals surface area (Å²) in [7, 11) is 0. The minimum Gasteiger partial charge on any atom is -0.342 e. The van der Waals surface area contributed by atoms with E-state index in [1.54, 1.807) is 0 Å². The van der Waals surface area contributed by atoms with E-state index >= 15 is 0 Å². The zero-order valence-corrected chi connectivity index (χ0v) is 17.5. The number of carbonyl (C=O) groups is 2. The minimum atomic E-state index is -0.0495. The Morgan fingerprint density at radius 1 is 1.21 bits per heavy atom. The Morgan fingerprint density at radius 2 is 1.96 bits per heavy atom. The third kappa shape index (κ3) is 4.55. The summed E-state index contributed by atoms with van der Waals surface area (Å²) in [6.07, 6.45) is 6.07. The van der Waals surface area contributed by atoms with Crippen LogP contribution in [0.25, 0.3) is 0 Å². The van der Waals surface area contributed by atoms with Crippen LogP contribution in [0.3, 0.4) is 0 Å². The Labute approximate surface area is 174 Å². The van der Waals surface area contributed by atoms with Crippen LogP contribution in [0.2, 0.25) is 5.02 Å². The van der Waals surface area contributed by atoms with Crippen LogP contribution >= 0.6 is 22.9 Å². The summed E-state index contributed by atoms with van der Waals surface area (Å²) >= 11 is 7.69. The van der Waals surface area contributed by atoms with Gasteiger partial charge in [0.25, 0.3) is 0 Å². The van der Waals surface area contributed by atoms with Crippen LogP contribution in [0.5, 0.6) is 0 Å². The highest BCUT2D eigenvalue weighted by atomic mass is 35.5. The number of aromatic nitrogens is 1. The molecule has 1 aliphatic heterocycles. The van der Waals surface area contributed by atoms with Crippen molar-refractivity contribution in [3.05, 3.63) is 45.4 Å². The van der Waals surface area contributed by atoms with E-state index in [0.717, 1.165) is 53.1 Å². The first-order valence-electron chi connectivity index (χ1n) is 9.79. The van der Waals surface area contributed by atoms with Gasteiger partial charge in [-0.25, -0.2) is 4.98 Å². The molecule has 1 saturated heterocycles. The van der Waals surface area contributed by atoms with Crippen LogP contribution in [0.4, 0.5) is 5.13 Å². The molecule has 148 valence electrons. The van der Waals surface area contributed by atoms with Gasteiger partial charge in [0.05, 0.1) is 0 Å². The lowest BCUT2D eigenvalue weighted by Gasteiger charge is -2.31. The third-order valence-corrected chi connectivity index (χ3v) is 6.82. The van der Waals surface area contributed by atoms with Gasteiger partial charge in [0.15, 0.2) is 5.13 Å². The molecule has 1 saturated carbocycles. The molecule has 2 aliphatic rings. The molecule has 1 N–H and O–H groups in total. The van der Waals surface area contributed by atoms with Crippen LogP contribution in [0, 0.1) is 18.8 Å². The topological polar surface area (TPSA) is 62.3 Å². The fourth-order valence-corrected chi connectivity index (χ4v) is 4.61. The van der Waals surface area contributed by atoms with Crippen molar-refractivity contribution in [2.24, 2.45) is 11.8 Å². The molecule has 2 amide bonds. The predicted octanol–water partition coefficient (Wildman–Crippen LogP) is 4.28. The Balaban J connectivity index is 1.29. The third-order valence-electron chi connectivity index (χ3n) is 5.50. The number of carbonyl (C=O) groups excluding carboxylic acids is 2. The van der Waals surface area contributed by atoms with Gasteiger partial charge in [-0.3, -0.25) is 9.59 Å². The maximum Gasteiger partial charge on any atom is 0.229 e. The number of nitrogens with one attached hydrogen (secondary N) is 1. The van der Waals surface area contributed by atoms with Gasteiger partial charge in [0, 0.05) is 47.4 Å². The second-order valence-corrected chi connectivity index (χ2v) is 9.28. The van der Waals surface area contributed by atoms with E-state index in [1.165, 1.54) is 11.3 Å². The maximum absolute atomic E-state index is 12.6. The largest absolute Gasteiger partial charge is 0.342 e. The lowest BCUT2D eigenvalue weighted by Crippen LogP contribution is -2.42. The average molecular weight is 418 g/mol. The molecule has 2 aromatic rings. The fourth-order valence-electron chi connectivity index (χ4n) is 3.55. The Kier molecular flexibility index (Phi) is 5.69. The highest BCUT2D eigenvalue weighted by molar-refractivity contribution is 7.15. The standard InChI is InChI=1S/C21H24ClN3O2S/c1-13-2-3-14(11-18(13)22)10-17-12-23-21(28-17)24-19(26)15-6-8-25(9-7-15)20(27)16-4-5-16/h2-3,11-12,15-16H,4-10H2,1H3,(H,23,24,26). The molecular weight excluding hydrogens is 394 g/mol. The van der Waals surface area contributed by atoms with Crippen molar-refractivity contribution < 1.29 is 9.59 Å². The van der Waals surface area contributed by atoms with Crippen molar-refractivity contribution in [3.8, 4) is 0 Å². The summed E-state index contributed by atoms with van der Waals surface area (Å²) in [5.74, 6) is 0.492. The molecule has 5 nitrogen and oxygen atoms in total. The van der Waals surface area contributed by atoms with Gasteiger partial charge in [0.1, 0.15) is 0 Å². The number of benzene rings is 1. The van der Waals surface area contributed by atoms with Crippen molar-refractivity contribution in [1.29, 1.82) is 0 Å². The molecule has 0 atom stereocenters. The van der Waals surface area contributed by atoms with Gasteiger partial charge in [-0.2, -0.15) is 0 Å². The second kappa shape index (κ2) is 8.21. The van der Waals surface area contributed by atoms with Gasteiger partial charge in [-0.15, -0.1) is 11.3 Å². The molecule has 7 heteroatoms. The molecule has 2 fully saturated rings. The van der Waals surface area contributed by atoms with Crippen molar-refractivity contribution in [2.45, 2.75) is 39.0 Å². The summed E-state index contributed by atoms with van der Waals surface area (Å²) in [5, 5.41) is 4.36. The van der Waals surface area contributed by atoms with Crippen LogP contribution < -0.4 is 5.32 Å². The molecule has 0 bridgehead atoms. The van der Waals surface area contributed by atoms with E-state index in [2.05, 4.69) is 16.4 Å². The maximum atomic E-state index is 12.6. The first-order chi connectivity index (χ1) is 13.5. The van der Waals surface area contributed by atoms with Gasteiger partial charge in [-0.1, -0.05) is 23.7 Å². The molecule has 4 rings (SSSR count). The highest BCUT2D eigenvalue weighted by Crippen LogP contribution is 2.32. The van der Waals surface area contributed by atoms with Crippen LogP contribution in [0.1, 0.15) is 41.7 Å². The molecule has 0 radical (unpaired) electrons. The van der Waals surface area contributed by atoms with Crippen LogP contribution in [-0.4, -0.2) is 34.8 Å². The van der Waals surface area contributed by atoms with Gasteiger partial charge < -0.3 is 10.2 Å². The van der Waals surface area contributed by atoms with Crippen molar-refractivity contribution >= 4 is 39.9 Å². The van der Waals surface area contributed by atoms with Gasteiger partial charge in [0.2, 0.25) is 11.8 Å². The summed E-state index contributed by atoms with van der Waals surface area (Å²) in [5.41, 5.74) is 2.19. The number of thiazole rings is 1. The number of likely N-dealkylation sites (tertiary alicyclic amines) is 1. The van der Waals surface area contributed by atoms with Crippen molar-refractivity contribution in [3.63, 3.8) is 0 Å². The summed E-state index contributed by atoms with van der Waals surface area (Å²) in [6.45, 7) is 3.36. The van der Waals surface area contributed by atoms with Crippen molar-refractivity contribution in [1.82, 2.24) is 9.88 Å². The number of nitrogens with zero attached hydrogens (tertiary/aromatic N) is 2. The minimum absolute atomic E-state index is 0.0119. The number of rotatable bonds is 5. The number of hydrogen-bond donors (Lipinski definition) is 1. The lowest BCUT2D eigenvalue weighted by molar-refractivity contribution is -0.135. The molecule has 0 spiro atoms. The molecule has 28 heavy (non-hydrogen) atoms. The monoisotopic (exact) mass is 417 g/mol. The highest BCUT2D eigenvalue weighted by Gasteiger charge is 2.36. The number of halogens is 1. The van der Waals surface area contributed by atoms with Crippen molar-refractivity contribution in [2.75, 3.05) is 18.4 Å². The van der Waals surface area contributed by atoms with Crippen LogP contribution in [-0.2, 0) is 16.0 Å². The molecule has 1 aromatic carbocycles. The summed E-state index contributed by atoms with van der Waals surface area (Å²) in [4.78, 5) is 32.1. The fraction of sp³-hybridized carbons (Fsp3) is 0.476. The van der Waals surface area contributed by atoms with E-state index in [0.29, 0.717) is 18.2 Å². The Bertz CT molecular complexity index is 886. The summed E-state index contributed by atoms with van der Waals surface area (Å²) in [6, 6.07) is 6.06. The van der Waals surface area contributed by atoms with E-state index in [4.69, 9.17) is 11.6 Å². The zero-order chi connectivity index (χ0) is 19.7. The van der Waals surface area contributed by atoms with Gasteiger partial charge in [-0.05, 0) is 49.8 Å². The van der Waals surface area contributed by atoms with Crippen LogP contribution in [0.15, 0.2) is 24.4 Å². The van der Waals surface area contributed by atoms with E-state index in [9.17, 15) is 9.59 Å². The van der Waals surface area contributed by atoms with E-state index in [1.807, 2.05) is 30.2 Å². The number of piperidine rings is 1. The first-order valence-corrected chi connectivity index (χ1v) is 11.0. The number of hydrogen-bond acceptors (Lipinski definition) is 4.